The van der Waals surface area contributed by atoms with Crippen molar-refractivity contribution in [3.8, 4) is 0 Å². The number of nitrogens with zero attached hydrogens (tertiary/aromatic N) is 5. The van der Waals surface area contributed by atoms with Crippen molar-refractivity contribution in [2.45, 2.75) is 32.2 Å². The molecule has 1 aliphatic heterocycles. The van der Waals surface area contributed by atoms with Gasteiger partial charge in [0.25, 0.3) is 11.5 Å². The molecule has 1 N–H and O–H groups in total. The molecule has 2 aromatic heterocycles. The summed E-state index contributed by atoms with van der Waals surface area (Å²) in [5.74, 6) is 0.119. The Morgan fingerprint density at radius 2 is 1.79 bits per heavy atom. The number of hydrogen-bond acceptors (Lipinski definition) is 5. The van der Waals surface area contributed by atoms with Crippen molar-refractivity contribution in [2.75, 3.05) is 13.1 Å². The highest BCUT2D eigenvalue weighted by molar-refractivity contribution is 5.94. The van der Waals surface area contributed by atoms with E-state index in [1.165, 1.54) is 29.8 Å². The highest BCUT2D eigenvalue weighted by Gasteiger charge is 2.27. The van der Waals surface area contributed by atoms with Crippen molar-refractivity contribution >= 4 is 17.1 Å². The number of amides is 1. The number of H-pyrrole nitrogens is 1. The molecule has 1 saturated heterocycles. The summed E-state index contributed by atoms with van der Waals surface area (Å²) in [7, 11) is 0. The summed E-state index contributed by atoms with van der Waals surface area (Å²) in [6, 6.07) is 13.7. The first-order chi connectivity index (χ1) is 16.0. The molecule has 168 valence electrons. The molecule has 33 heavy (non-hydrogen) atoms. The van der Waals surface area contributed by atoms with E-state index in [-0.39, 0.29) is 28.7 Å². The Balaban J connectivity index is 1.34. The predicted molar refractivity (Wildman–Crippen MR) is 121 cm³/mol. The van der Waals surface area contributed by atoms with Crippen LogP contribution in [-0.4, -0.2) is 48.9 Å². The van der Waals surface area contributed by atoms with Crippen LogP contribution in [0.5, 0.6) is 0 Å². The average Bonchev–Trinajstić information content (AvgIpc) is 3.24. The van der Waals surface area contributed by atoms with Gasteiger partial charge in [0.05, 0.1) is 6.54 Å². The molecule has 0 bridgehead atoms. The Morgan fingerprint density at radius 3 is 2.48 bits per heavy atom. The van der Waals surface area contributed by atoms with Gasteiger partial charge in [-0.15, -0.1) is 5.10 Å². The quantitative estimate of drug-likeness (QED) is 0.520. The number of rotatable bonds is 4. The molecule has 5 rings (SSSR count). The number of halogens is 1. The van der Waals surface area contributed by atoms with E-state index in [4.69, 9.17) is 4.98 Å². The number of carbonyl (C=O) groups is 1. The molecule has 2 aromatic carbocycles. The molecular weight excluding hydrogens is 423 g/mol. The van der Waals surface area contributed by atoms with Crippen LogP contribution in [0.2, 0.25) is 0 Å². The van der Waals surface area contributed by atoms with Crippen molar-refractivity contribution < 1.29 is 9.18 Å². The standard InChI is InChI=1S/C24H23FN6O2/c1-15-2-4-16(5-3-15)14-31-22-20(28-29-31)23(32)27-21(26-22)17-10-12-30(13-11-17)24(33)18-6-8-19(25)9-7-18/h2-9,17H,10-14H2,1H3,(H,26,27,32). The van der Waals surface area contributed by atoms with Crippen LogP contribution in [0.1, 0.15) is 46.1 Å². The van der Waals surface area contributed by atoms with Gasteiger partial charge in [-0.05, 0) is 49.6 Å². The maximum absolute atomic E-state index is 13.1. The average molecular weight is 446 g/mol. The second kappa shape index (κ2) is 8.57. The third kappa shape index (κ3) is 4.26. The fraction of sp³-hybridized carbons (Fsp3) is 0.292. The zero-order valence-electron chi connectivity index (χ0n) is 18.2. The molecule has 1 amide bonds. The van der Waals surface area contributed by atoms with E-state index in [0.717, 1.165) is 5.56 Å². The molecule has 1 aliphatic rings. The molecule has 1 fully saturated rings. The molecule has 0 spiro atoms. The van der Waals surface area contributed by atoms with Gasteiger partial charge in [0.1, 0.15) is 11.6 Å². The highest BCUT2D eigenvalue weighted by Crippen LogP contribution is 2.26. The number of aromatic nitrogens is 5. The molecule has 4 aromatic rings. The van der Waals surface area contributed by atoms with Crippen molar-refractivity contribution in [1.29, 1.82) is 0 Å². The number of nitrogens with one attached hydrogen (secondary N) is 1. The Morgan fingerprint density at radius 1 is 1.09 bits per heavy atom. The van der Waals surface area contributed by atoms with Crippen LogP contribution in [0.4, 0.5) is 4.39 Å². The number of benzene rings is 2. The van der Waals surface area contributed by atoms with Gasteiger partial charge < -0.3 is 9.88 Å². The summed E-state index contributed by atoms with van der Waals surface area (Å²) in [4.78, 5) is 34.6. The van der Waals surface area contributed by atoms with E-state index < -0.39 is 0 Å². The summed E-state index contributed by atoms with van der Waals surface area (Å²) < 4.78 is 14.8. The van der Waals surface area contributed by atoms with Crippen LogP contribution in [0, 0.1) is 12.7 Å². The van der Waals surface area contributed by atoms with Crippen LogP contribution in [-0.2, 0) is 6.54 Å². The summed E-state index contributed by atoms with van der Waals surface area (Å²) in [5.41, 5.74) is 3.05. The number of piperidine rings is 1. The van der Waals surface area contributed by atoms with Crippen molar-refractivity contribution in [3.05, 3.63) is 87.2 Å². The van der Waals surface area contributed by atoms with Gasteiger partial charge in [0, 0.05) is 24.6 Å². The Hall–Kier alpha value is -3.88. The van der Waals surface area contributed by atoms with Gasteiger partial charge in [-0.25, -0.2) is 14.1 Å². The van der Waals surface area contributed by atoms with Gasteiger partial charge >= 0.3 is 0 Å². The van der Waals surface area contributed by atoms with E-state index >= 15 is 0 Å². The molecule has 0 atom stereocenters. The first-order valence-corrected chi connectivity index (χ1v) is 10.9. The molecule has 0 saturated carbocycles. The fourth-order valence-corrected chi connectivity index (χ4v) is 4.18. The molecule has 3 heterocycles. The lowest BCUT2D eigenvalue weighted by molar-refractivity contribution is 0.0711. The first-order valence-electron chi connectivity index (χ1n) is 10.9. The van der Waals surface area contributed by atoms with Gasteiger partial charge in [-0.3, -0.25) is 9.59 Å². The first kappa shape index (κ1) is 21.0. The normalized spacial score (nSPS) is 14.7. The largest absolute Gasteiger partial charge is 0.339 e. The molecule has 0 unspecified atom stereocenters. The van der Waals surface area contributed by atoms with Crippen molar-refractivity contribution in [3.63, 3.8) is 0 Å². The summed E-state index contributed by atoms with van der Waals surface area (Å²) in [6.45, 7) is 3.56. The van der Waals surface area contributed by atoms with Crippen LogP contribution in [0.25, 0.3) is 11.2 Å². The van der Waals surface area contributed by atoms with Gasteiger partial charge in [0.2, 0.25) is 0 Å². The van der Waals surface area contributed by atoms with Gasteiger partial charge in [0.15, 0.2) is 11.2 Å². The van der Waals surface area contributed by atoms with Gasteiger partial charge in [-0.1, -0.05) is 35.0 Å². The van der Waals surface area contributed by atoms with Crippen molar-refractivity contribution in [1.82, 2.24) is 29.9 Å². The number of carbonyl (C=O) groups excluding carboxylic acids is 1. The third-order valence-corrected chi connectivity index (χ3v) is 6.10. The Labute approximate surface area is 189 Å². The molecule has 0 aliphatic carbocycles. The predicted octanol–water partition coefficient (Wildman–Crippen LogP) is 3.03. The number of aromatic amines is 1. The molecule has 9 heteroatoms. The minimum absolute atomic E-state index is 0.0158. The molecule has 0 radical (unpaired) electrons. The minimum Gasteiger partial charge on any atom is -0.339 e. The zero-order valence-corrected chi connectivity index (χ0v) is 18.2. The Kier molecular flexibility index (Phi) is 5.45. The van der Waals surface area contributed by atoms with Crippen LogP contribution in [0.3, 0.4) is 0 Å². The monoisotopic (exact) mass is 446 g/mol. The lowest BCUT2D eigenvalue weighted by Crippen LogP contribution is -2.38. The van der Waals surface area contributed by atoms with Crippen LogP contribution in [0.15, 0.2) is 53.3 Å². The Bertz CT molecular complexity index is 1350. The fourth-order valence-electron chi connectivity index (χ4n) is 4.18. The van der Waals surface area contributed by atoms with E-state index in [2.05, 4.69) is 15.3 Å². The number of aryl methyl sites for hydroxylation is 1. The van der Waals surface area contributed by atoms with E-state index in [1.54, 1.807) is 9.58 Å². The maximum atomic E-state index is 13.1. The summed E-state index contributed by atoms with van der Waals surface area (Å²) in [6.07, 6.45) is 1.34. The van der Waals surface area contributed by atoms with E-state index in [0.29, 0.717) is 49.5 Å². The maximum Gasteiger partial charge on any atom is 0.281 e. The molecule has 8 nitrogen and oxygen atoms in total. The summed E-state index contributed by atoms with van der Waals surface area (Å²) in [5, 5.41) is 8.16. The second-order valence-corrected chi connectivity index (χ2v) is 8.43. The van der Waals surface area contributed by atoms with E-state index in [9.17, 15) is 14.0 Å². The van der Waals surface area contributed by atoms with Crippen molar-refractivity contribution in [2.24, 2.45) is 0 Å². The highest BCUT2D eigenvalue weighted by atomic mass is 19.1. The lowest BCUT2D eigenvalue weighted by Gasteiger charge is -2.31. The van der Waals surface area contributed by atoms with Gasteiger partial charge in [-0.2, -0.15) is 0 Å². The minimum atomic E-state index is -0.369. The number of hydrogen-bond donors (Lipinski definition) is 1. The zero-order chi connectivity index (χ0) is 22.9. The van der Waals surface area contributed by atoms with Crippen LogP contribution >= 0.6 is 0 Å². The lowest BCUT2D eigenvalue weighted by atomic mass is 9.95. The van der Waals surface area contributed by atoms with Crippen LogP contribution < -0.4 is 5.56 Å². The molecular formula is C24H23FN6O2. The topological polar surface area (TPSA) is 96.8 Å². The number of fused-ring (bicyclic) bond motifs is 1. The second-order valence-electron chi connectivity index (χ2n) is 8.43. The van der Waals surface area contributed by atoms with E-state index in [1.807, 2.05) is 31.2 Å². The number of likely N-dealkylation sites (tertiary alicyclic amines) is 1. The third-order valence-electron chi connectivity index (χ3n) is 6.10. The SMILES string of the molecule is Cc1ccc(Cn2nnc3c(=O)[nH]c(C4CCN(C(=O)c5ccc(F)cc5)CC4)nc32)cc1. The summed E-state index contributed by atoms with van der Waals surface area (Å²) >= 11 is 0. The smallest absolute Gasteiger partial charge is 0.281 e.